The number of hydrogen-bond donors (Lipinski definition) is 3. The Balaban J connectivity index is 1.93. The maximum atomic E-state index is 13.1. The fourth-order valence-corrected chi connectivity index (χ4v) is 3.18. The van der Waals surface area contributed by atoms with E-state index in [1.165, 1.54) is 36.4 Å². The molecule has 33 heavy (non-hydrogen) atoms. The van der Waals surface area contributed by atoms with Crippen molar-refractivity contribution in [2.75, 3.05) is 24.5 Å². The van der Waals surface area contributed by atoms with Crippen LogP contribution in [-0.2, 0) is 4.79 Å². The average Bonchev–Trinajstić information content (AvgIpc) is 2.82. The lowest BCUT2D eigenvalue weighted by Crippen LogP contribution is -2.57. The van der Waals surface area contributed by atoms with Crippen LogP contribution in [0.25, 0.3) is 5.57 Å². The number of halogens is 1. The van der Waals surface area contributed by atoms with Gasteiger partial charge in [-0.1, -0.05) is 12.7 Å². The van der Waals surface area contributed by atoms with Crippen molar-refractivity contribution in [2.45, 2.75) is 13.0 Å². The molecule has 0 bridgehead atoms. The molecule has 172 valence electrons. The molecule has 2 amide bonds. The van der Waals surface area contributed by atoms with Gasteiger partial charge in [0, 0.05) is 25.7 Å². The van der Waals surface area contributed by atoms with Crippen LogP contribution in [0.1, 0.15) is 23.2 Å². The van der Waals surface area contributed by atoms with Crippen molar-refractivity contribution < 1.29 is 18.7 Å². The number of aromatic nitrogens is 2. The summed E-state index contributed by atoms with van der Waals surface area (Å²) in [6, 6.07) is 6.40. The SMILES string of the molecule is C=C/C(=C\C=C(/C)c1nc(C(N)=O)cc(N2CCNCC2C(N)=O)n1)Oc1ccc(F)cc1. The number of benzene rings is 1. The summed E-state index contributed by atoms with van der Waals surface area (Å²) in [7, 11) is 0. The minimum Gasteiger partial charge on any atom is -0.457 e. The minimum absolute atomic E-state index is 0.0139. The number of primary amides is 2. The molecule has 5 N–H and O–H groups in total. The molecule has 1 aromatic carbocycles. The lowest BCUT2D eigenvalue weighted by Gasteiger charge is -2.35. The molecule has 1 atom stereocenters. The van der Waals surface area contributed by atoms with E-state index in [4.69, 9.17) is 16.2 Å². The highest BCUT2D eigenvalue weighted by Gasteiger charge is 2.29. The van der Waals surface area contributed by atoms with Crippen molar-refractivity contribution in [1.82, 2.24) is 15.3 Å². The molecule has 1 saturated heterocycles. The molecule has 2 heterocycles. The molecule has 9 nitrogen and oxygen atoms in total. The van der Waals surface area contributed by atoms with Gasteiger partial charge in [-0.15, -0.1) is 0 Å². The van der Waals surface area contributed by atoms with Crippen molar-refractivity contribution in [3.8, 4) is 5.75 Å². The van der Waals surface area contributed by atoms with Crippen LogP contribution >= 0.6 is 0 Å². The molecule has 1 aliphatic rings. The van der Waals surface area contributed by atoms with E-state index in [-0.39, 0.29) is 17.3 Å². The molecular formula is C23H25FN6O3. The number of nitrogens with two attached hydrogens (primary N) is 2. The summed E-state index contributed by atoms with van der Waals surface area (Å²) >= 11 is 0. The second kappa shape index (κ2) is 10.5. The van der Waals surface area contributed by atoms with E-state index in [1.54, 1.807) is 24.0 Å². The van der Waals surface area contributed by atoms with Gasteiger partial charge >= 0.3 is 0 Å². The largest absolute Gasteiger partial charge is 0.457 e. The van der Waals surface area contributed by atoms with Crippen molar-refractivity contribution >= 4 is 23.2 Å². The Hall–Kier alpha value is -4.05. The van der Waals surface area contributed by atoms with Crippen molar-refractivity contribution in [2.24, 2.45) is 11.5 Å². The Bertz CT molecular complexity index is 1110. The first kappa shape index (κ1) is 23.6. The number of hydrogen-bond acceptors (Lipinski definition) is 7. The molecule has 3 rings (SSSR count). The maximum Gasteiger partial charge on any atom is 0.267 e. The highest BCUT2D eigenvalue weighted by Crippen LogP contribution is 2.21. The van der Waals surface area contributed by atoms with Crippen LogP contribution < -0.4 is 26.4 Å². The summed E-state index contributed by atoms with van der Waals surface area (Å²) in [5.41, 5.74) is 11.6. The van der Waals surface area contributed by atoms with E-state index in [0.29, 0.717) is 42.5 Å². The zero-order valence-electron chi connectivity index (χ0n) is 18.1. The lowest BCUT2D eigenvalue weighted by molar-refractivity contribution is -0.119. The Morgan fingerprint density at radius 2 is 1.97 bits per heavy atom. The Morgan fingerprint density at radius 3 is 2.61 bits per heavy atom. The van der Waals surface area contributed by atoms with Gasteiger partial charge in [-0.2, -0.15) is 0 Å². The van der Waals surface area contributed by atoms with Gasteiger partial charge in [-0.25, -0.2) is 14.4 Å². The van der Waals surface area contributed by atoms with Gasteiger partial charge in [0.25, 0.3) is 5.91 Å². The van der Waals surface area contributed by atoms with Crippen LogP contribution in [0.3, 0.4) is 0 Å². The highest BCUT2D eigenvalue weighted by molar-refractivity contribution is 5.92. The van der Waals surface area contributed by atoms with Gasteiger partial charge in [-0.05, 0) is 48.9 Å². The first-order chi connectivity index (χ1) is 15.8. The molecule has 0 radical (unpaired) electrons. The Kier molecular flexibility index (Phi) is 7.52. The van der Waals surface area contributed by atoms with Gasteiger partial charge in [0.15, 0.2) is 5.82 Å². The van der Waals surface area contributed by atoms with Crippen LogP contribution in [-0.4, -0.2) is 47.5 Å². The monoisotopic (exact) mass is 452 g/mol. The average molecular weight is 452 g/mol. The van der Waals surface area contributed by atoms with Gasteiger partial charge < -0.3 is 26.4 Å². The third-order valence-corrected chi connectivity index (χ3v) is 4.93. The smallest absolute Gasteiger partial charge is 0.267 e. The molecule has 0 spiro atoms. The molecule has 10 heteroatoms. The number of anilines is 1. The molecule has 1 fully saturated rings. The maximum absolute atomic E-state index is 13.1. The normalized spacial score (nSPS) is 16.9. The zero-order valence-corrected chi connectivity index (χ0v) is 18.1. The van der Waals surface area contributed by atoms with E-state index in [2.05, 4.69) is 21.9 Å². The van der Waals surface area contributed by atoms with E-state index in [0.717, 1.165) is 0 Å². The topological polar surface area (TPSA) is 136 Å². The van der Waals surface area contributed by atoms with Crippen molar-refractivity contribution in [1.29, 1.82) is 0 Å². The van der Waals surface area contributed by atoms with E-state index in [1.807, 2.05) is 0 Å². The number of amides is 2. The van der Waals surface area contributed by atoms with Crippen LogP contribution in [0, 0.1) is 5.82 Å². The molecule has 2 aromatic rings. The quantitative estimate of drug-likeness (QED) is 0.408. The standard InChI is InChI=1S/C23H25FN6O3/c1-3-16(33-17-8-5-15(24)6-9-17)7-4-14(2)23-28-18(21(25)31)12-20(29-23)30-11-10-27-13-19(30)22(26)32/h3-9,12,19,27H,1,10-11,13H2,2H3,(H2,25,31)(H2,26,32)/b14-4+,16-7+. The summed E-state index contributed by atoms with van der Waals surface area (Å²) in [5, 5.41) is 3.11. The number of allylic oxidation sites excluding steroid dienone is 4. The number of ether oxygens (including phenoxy) is 1. The van der Waals surface area contributed by atoms with Gasteiger partial charge in [0.1, 0.15) is 34.9 Å². The van der Waals surface area contributed by atoms with Crippen molar-refractivity contribution in [3.05, 3.63) is 78.2 Å². The summed E-state index contributed by atoms with van der Waals surface area (Å²) in [4.78, 5) is 34.3. The number of carbonyl (C=O) groups excluding carboxylic acids is 2. The number of carbonyl (C=O) groups is 2. The summed E-state index contributed by atoms with van der Waals surface area (Å²) in [6.45, 7) is 6.92. The number of rotatable bonds is 8. The molecule has 1 unspecified atom stereocenters. The van der Waals surface area contributed by atoms with Crippen LogP contribution in [0.15, 0.2) is 60.9 Å². The fourth-order valence-electron chi connectivity index (χ4n) is 3.18. The van der Waals surface area contributed by atoms with E-state index < -0.39 is 17.9 Å². The zero-order chi connectivity index (χ0) is 24.0. The van der Waals surface area contributed by atoms with Crippen molar-refractivity contribution in [3.63, 3.8) is 0 Å². The predicted molar refractivity (Wildman–Crippen MR) is 123 cm³/mol. The first-order valence-electron chi connectivity index (χ1n) is 10.2. The van der Waals surface area contributed by atoms with E-state index in [9.17, 15) is 14.0 Å². The predicted octanol–water partition coefficient (Wildman–Crippen LogP) is 1.53. The number of nitrogens with zero attached hydrogens (tertiary/aromatic N) is 3. The molecule has 1 aliphatic heterocycles. The lowest BCUT2D eigenvalue weighted by atomic mass is 10.1. The van der Waals surface area contributed by atoms with Crippen LogP contribution in [0.4, 0.5) is 10.2 Å². The van der Waals surface area contributed by atoms with Crippen LogP contribution in [0.2, 0.25) is 0 Å². The second-order valence-electron chi connectivity index (χ2n) is 7.29. The fraction of sp³-hybridized carbons (Fsp3) is 0.217. The molecular weight excluding hydrogens is 427 g/mol. The van der Waals surface area contributed by atoms with E-state index >= 15 is 0 Å². The Morgan fingerprint density at radius 1 is 1.24 bits per heavy atom. The third kappa shape index (κ3) is 6.01. The van der Waals surface area contributed by atoms with Gasteiger partial charge in [0.05, 0.1) is 0 Å². The molecule has 0 aliphatic carbocycles. The Labute approximate surface area is 190 Å². The minimum atomic E-state index is -0.722. The number of piperazine rings is 1. The summed E-state index contributed by atoms with van der Waals surface area (Å²) in [5.74, 6) is -0.117. The summed E-state index contributed by atoms with van der Waals surface area (Å²) in [6.07, 6.45) is 4.83. The molecule has 0 saturated carbocycles. The van der Waals surface area contributed by atoms with Gasteiger partial charge in [0.2, 0.25) is 5.91 Å². The third-order valence-electron chi connectivity index (χ3n) is 4.93. The van der Waals surface area contributed by atoms with Gasteiger partial charge in [-0.3, -0.25) is 9.59 Å². The number of nitrogens with one attached hydrogen (secondary N) is 1. The highest BCUT2D eigenvalue weighted by atomic mass is 19.1. The molecule has 1 aromatic heterocycles. The summed E-state index contributed by atoms with van der Waals surface area (Å²) < 4.78 is 18.8. The van der Waals surface area contributed by atoms with Crippen LogP contribution in [0.5, 0.6) is 5.75 Å². The second-order valence-corrected chi connectivity index (χ2v) is 7.29. The first-order valence-corrected chi connectivity index (χ1v) is 10.2.